The lowest BCUT2D eigenvalue weighted by Gasteiger charge is -2.05. The number of benzene rings is 3. The maximum atomic E-state index is 11.7. The average molecular weight is 661 g/mol. The summed E-state index contributed by atoms with van der Waals surface area (Å²) in [7, 11) is 0. The number of rotatable bonds is 10. The number of esters is 2. The minimum Gasteiger partial charge on any atom is -0.508 e. The molecule has 0 spiro atoms. The standard InChI is InChI=1S/2C13H13N3O4.C6H6O2/c2*1-10-14-9-12(16(18)19)15(10)7-8-20-13(17)11-5-3-2-4-6-11;7-5-2-1-3-6(8)4-5/h2*2-6,9H,7-8H2,1H3;1-4,7-8H. The second-order valence-corrected chi connectivity index (χ2v) is 9.67. The third kappa shape index (κ3) is 10.8. The Balaban J connectivity index is 0.000000212. The third-order valence-corrected chi connectivity index (χ3v) is 6.39. The lowest BCUT2D eigenvalue weighted by molar-refractivity contribution is -0.392. The Labute approximate surface area is 273 Å². The van der Waals surface area contributed by atoms with Crippen molar-refractivity contribution in [1.29, 1.82) is 0 Å². The summed E-state index contributed by atoms with van der Waals surface area (Å²) in [6, 6.07) is 23.0. The minimum atomic E-state index is -0.515. The molecule has 3 aromatic carbocycles. The van der Waals surface area contributed by atoms with Crippen molar-refractivity contribution in [1.82, 2.24) is 19.1 Å². The van der Waals surface area contributed by atoms with Gasteiger partial charge >= 0.3 is 23.6 Å². The molecule has 5 rings (SSSR count). The summed E-state index contributed by atoms with van der Waals surface area (Å²) in [5.74, 6) is 0.0588. The largest absolute Gasteiger partial charge is 0.508 e. The van der Waals surface area contributed by atoms with E-state index in [0.717, 1.165) is 0 Å². The van der Waals surface area contributed by atoms with E-state index in [1.165, 1.54) is 39.7 Å². The van der Waals surface area contributed by atoms with Gasteiger partial charge < -0.3 is 39.9 Å². The highest BCUT2D eigenvalue weighted by atomic mass is 16.6. The van der Waals surface area contributed by atoms with Crippen LogP contribution in [-0.2, 0) is 22.6 Å². The van der Waals surface area contributed by atoms with Gasteiger partial charge in [-0.3, -0.25) is 0 Å². The van der Waals surface area contributed by atoms with E-state index in [4.69, 9.17) is 19.7 Å². The first-order chi connectivity index (χ1) is 23.0. The molecule has 0 saturated heterocycles. The summed E-state index contributed by atoms with van der Waals surface area (Å²) in [5, 5.41) is 38.9. The molecule has 0 saturated carbocycles. The van der Waals surface area contributed by atoms with Crippen molar-refractivity contribution in [2.24, 2.45) is 0 Å². The second kappa shape index (κ2) is 17.8. The van der Waals surface area contributed by atoms with Gasteiger partial charge in [-0.05, 0) is 46.2 Å². The van der Waals surface area contributed by atoms with E-state index in [2.05, 4.69) is 9.97 Å². The zero-order valence-corrected chi connectivity index (χ0v) is 25.9. The lowest BCUT2D eigenvalue weighted by Crippen LogP contribution is -2.13. The maximum Gasteiger partial charge on any atom is 0.342 e. The number of carbonyl (C=O) groups excluding carboxylic acids is 2. The second-order valence-electron chi connectivity index (χ2n) is 9.67. The van der Waals surface area contributed by atoms with Crippen LogP contribution in [0.25, 0.3) is 0 Å². The van der Waals surface area contributed by atoms with E-state index in [1.54, 1.807) is 80.6 Å². The molecule has 0 atom stereocenters. The zero-order chi connectivity index (χ0) is 35.1. The number of aromatic nitrogens is 4. The van der Waals surface area contributed by atoms with Crippen molar-refractivity contribution in [3.05, 3.63) is 140 Å². The molecule has 0 bridgehead atoms. The Morgan fingerprint density at radius 2 is 1.04 bits per heavy atom. The molecule has 2 heterocycles. The van der Waals surface area contributed by atoms with Crippen molar-refractivity contribution in [3.8, 4) is 11.5 Å². The van der Waals surface area contributed by atoms with Crippen LogP contribution in [0.1, 0.15) is 32.4 Å². The normalized spacial score (nSPS) is 10.0. The molecular formula is C32H32N6O10. The van der Waals surface area contributed by atoms with Crippen LogP contribution in [0, 0.1) is 34.1 Å². The quantitative estimate of drug-likeness (QED) is 0.115. The predicted octanol–water partition coefficient (Wildman–Crippen LogP) is 5.01. The topological polar surface area (TPSA) is 215 Å². The number of imidazole rings is 2. The molecule has 0 amide bonds. The van der Waals surface area contributed by atoms with E-state index in [1.807, 2.05) is 0 Å². The Kier molecular flexibility index (Phi) is 13.3. The maximum absolute atomic E-state index is 11.7. The molecular weight excluding hydrogens is 628 g/mol. The van der Waals surface area contributed by atoms with Crippen molar-refractivity contribution < 1.29 is 39.1 Å². The molecule has 250 valence electrons. The van der Waals surface area contributed by atoms with E-state index >= 15 is 0 Å². The lowest BCUT2D eigenvalue weighted by atomic mass is 10.2. The van der Waals surface area contributed by atoms with Gasteiger partial charge in [0.05, 0.1) is 11.1 Å². The van der Waals surface area contributed by atoms with E-state index in [0.29, 0.717) is 22.8 Å². The van der Waals surface area contributed by atoms with Crippen molar-refractivity contribution in [2.45, 2.75) is 26.9 Å². The highest BCUT2D eigenvalue weighted by Gasteiger charge is 2.19. The molecule has 16 heteroatoms. The molecule has 16 nitrogen and oxygen atoms in total. The summed E-state index contributed by atoms with van der Waals surface area (Å²) in [4.78, 5) is 51.7. The predicted molar refractivity (Wildman–Crippen MR) is 170 cm³/mol. The molecule has 0 aliphatic rings. The molecule has 0 unspecified atom stereocenters. The van der Waals surface area contributed by atoms with Crippen LogP contribution in [-0.4, -0.2) is 64.3 Å². The monoisotopic (exact) mass is 660 g/mol. The first-order valence-corrected chi connectivity index (χ1v) is 14.2. The molecule has 48 heavy (non-hydrogen) atoms. The molecule has 0 aliphatic heterocycles. The number of aryl methyl sites for hydroxylation is 2. The Bertz CT molecular complexity index is 1690. The minimum absolute atomic E-state index is 0.0474. The molecule has 2 N–H and O–H groups in total. The smallest absolute Gasteiger partial charge is 0.342 e. The average Bonchev–Trinajstić information content (AvgIpc) is 3.64. The van der Waals surface area contributed by atoms with Crippen molar-refractivity contribution in [2.75, 3.05) is 13.2 Å². The van der Waals surface area contributed by atoms with Crippen LogP contribution in [0.15, 0.2) is 97.3 Å². The van der Waals surface area contributed by atoms with Crippen LogP contribution in [0.2, 0.25) is 0 Å². The van der Waals surface area contributed by atoms with Gasteiger partial charge in [0.15, 0.2) is 11.6 Å². The van der Waals surface area contributed by atoms with E-state index < -0.39 is 21.8 Å². The Morgan fingerprint density at radius 1 is 0.667 bits per heavy atom. The summed E-state index contributed by atoms with van der Waals surface area (Å²) in [6.45, 7) is 3.80. The number of ether oxygens (including phenoxy) is 2. The number of phenolic OH excluding ortho intramolecular Hbond substituents is 2. The Morgan fingerprint density at radius 3 is 1.35 bits per heavy atom. The zero-order valence-electron chi connectivity index (χ0n) is 25.9. The summed E-state index contributed by atoms with van der Waals surface area (Å²) >= 11 is 0. The van der Waals surface area contributed by atoms with Gasteiger partial charge in [0.25, 0.3) is 0 Å². The van der Waals surface area contributed by atoms with Gasteiger partial charge in [-0.15, -0.1) is 0 Å². The number of carbonyl (C=O) groups is 2. The van der Waals surface area contributed by atoms with Gasteiger partial charge in [0, 0.05) is 19.9 Å². The highest BCUT2D eigenvalue weighted by Crippen LogP contribution is 2.16. The SMILES string of the molecule is Cc1ncc([N+](=O)[O-])n1CCOC(=O)c1ccccc1.Cc1ncc([N+](=O)[O-])n1CCOC(=O)c1ccccc1.Oc1cccc(O)c1. The van der Waals surface area contributed by atoms with Crippen LogP contribution in [0.5, 0.6) is 11.5 Å². The fraction of sp³-hybridized carbons (Fsp3) is 0.188. The third-order valence-electron chi connectivity index (χ3n) is 6.39. The van der Waals surface area contributed by atoms with Crippen LogP contribution >= 0.6 is 0 Å². The number of phenols is 2. The molecule has 0 fully saturated rings. The Hall–Kier alpha value is -6.58. The molecule has 0 radical (unpaired) electrons. The molecule has 2 aromatic heterocycles. The van der Waals surface area contributed by atoms with Gasteiger partial charge in [0.1, 0.15) is 50.2 Å². The number of aromatic hydroxyl groups is 2. The molecule has 5 aromatic rings. The van der Waals surface area contributed by atoms with Crippen molar-refractivity contribution in [3.63, 3.8) is 0 Å². The first-order valence-electron chi connectivity index (χ1n) is 14.2. The number of nitro groups is 2. The van der Waals surface area contributed by atoms with Gasteiger partial charge in [-0.25, -0.2) is 28.7 Å². The summed E-state index contributed by atoms with van der Waals surface area (Å²) < 4.78 is 13.0. The van der Waals surface area contributed by atoms with E-state index in [9.17, 15) is 29.8 Å². The fourth-order valence-corrected chi connectivity index (χ4v) is 4.02. The molecule has 0 aliphatic carbocycles. The van der Waals surface area contributed by atoms with Gasteiger partial charge in [-0.2, -0.15) is 0 Å². The number of hydrogen-bond donors (Lipinski definition) is 2. The first kappa shape index (κ1) is 35.9. The van der Waals surface area contributed by atoms with Gasteiger partial charge in [0.2, 0.25) is 0 Å². The van der Waals surface area contributed by atoms with Crippen LogP contribution < -0.4 is 0 Å². The van der Waals surface area contributed by atoms with Crippen LogP contribution in [0.4, 0.5) is 11.6 Å². The number of hydrogen-bond acceptors (Lipinski definition) is 12. The van der Waals surface area contributed by atoms with Gasteiger partial charge in [-0.1, -0.05) is 42.5 Å². The summed E-state index contributed by atoms with van der Waals surface area (Å²) in [6.07, 6.45) is 2.38. The number of nitrogens with zero attached hydrogens (tertiary/aromatic N) is 6. The van der Waals surface area contributed by atoms with E-state index in [-0.39, 0.29) is 49.4 Å². The van der Waals surface area contributed by atoms with Crippen molar-refractivity contribution >= 4 is 23.6 Å². The highest BCUT2D eigenvalue weighted by molar-refractivity contribution is 5.89. The van der Waals surface area contributed by atoms with Crippen LogP contribution in [0.3, 0.4) is 0 Å². The summed E-state index contributed by atoms with van der Waals surface area (Å²) in [5.41, 5.74) is 0.897. The fourth-order valence-electron chi connectivity index (χ4n) is 4.02.